The molecule has 3 aromatic carbocycles. The summed E-state index contributed by atoms with van der Waals surface area (Å²) in [6, 6.07) is 29.0. The number of carbonyl (C=O) groups excluding carboxylic acids is 1. The van der Waals surface area contributed by atoms with Crippen molar-refractivity contribution in [2.24, 2.45) is 0 Å². The van der Waals surface area contributed by atoms with Crippen LogP contribution in [0.5, 0.6) is 0 Å². The number of hydrogen-bond donors (Lipinski definition) is 2. The molecule has 0 amide bonds. The molecule has 0 bridgehead atoms. The molecule has 5 atom stereocenters. The third-order valence-electron chi connectivity index (χ3n) is 6.64. The lowest BCUT2D eigenvalue weighted by Gasteiger charge is -2.34. The van der Waals surface area contributed by atoms with Gasteiger partial charge in [-0.15, -0.1) is 0 Å². The normalized spacial score (nSPS) is 15.9. The van der Waals surface area contributed by atoms with Gasteiger partial charge in [-0.2, -0.15) is 0 Å². The SMILES string of the molecule is CC(CC(O)[C@@](O)(C[C@H](C)OCc1ccccc1)C(=O)OC[C@H](C)OCc1ccccc1)OCc1ccccc1. The van der Waals surface area contributed by atoms with E-state index in [-0.39, 0.29) is 19.4 Å². The summed E-state index contributed by atoms with van der Waals surface area (Å²) in [5.41, 5.74) is 0.764. The van der Waals surface area contributed by atoms with Gasteiger partial charge in [-0.05, 0) is 37.5 Å². The summed E-state index contributed by atoms with van der Waals surface area (Å²) >= 11 is 0. The molecular weight excluding hydrogens is 508 g/mol. The van der Waals surface area contributed by atoms with Crippen molar-refractivity contribution >= 4 is 5.97 Å². The molecule has 2 N–H and O–H groups in total. The Morgan fingerprint density at radius 2 is 1.07 bits per heavy atom. The van der Waals surface area contributed by atoms with E-state index in [1.54, 1.807) is 20.8 Å². The minimum Gasteiger partial charge on any atom is -0.461 e. The molecule has 0 saturated carbocycles. The summed E-state index contributed by atoms with van der Waals surface area (Å²) in [7, 11) is 0. The lowest BCUT2D eigenvalue weighted by molar-refractivity contribution is -0.191. The number of ether oxygens (including phenoxy) is 4. The van der Waals surface area contributed by atoms with Crippen molar-refractivity contribution in [3.05, 3.63) is 108 Å². The number of rotatable bonds is 17. The number of aliphatic hydroxyl groups excluding tert-OH is 1. The van der Waals surface area contributed by atoms with Gasteiger partial charge in [0.2, 0.25) is 0 Å². The fourth-order valence-electron chi connectivity index (χ4n) is 4.23. The van der Waals surface area contributed by atoms with Crippen LogP contribution in [-0.4, -0.2) is 52.8 Å². The molecule has 7 nitrogen and oxygen atoms in total. The topological polar surface area (TPSA) is 94.5 Å². The summed E-state index contributed by atoms with van der Waals surface area (Å²) in [6.07, 6.45) is -2.93. The van der Waals surface area contributed by atoms with E-state index in [0.29, 0.717) is 19.8 Å². The highest BCUT2D eigenvalue weighted by atomic mass is 16.6. The van der Waals surface area contributed by atoms with E-state index < -0.39 is 36.0 Å². The molecule has 0 aromatic heterocycles. The van der Waals surface area contributed by atoms with E-state index in [9.17, 15) is 15.0 Å². The third-order valence-corrected chi connectivity index (χ3v) is 6.64. The van der Waals surface area contributed by atoms with Crippen LogP contribution in [0.15, 0.2) is 91.0 Å². The Balaban J connectivity index is 1.60. The average molecular weight is 551 g/mol. The van der Waals surface area contributed by atoms with Gasteiger partial charge in [0.15, 0.2) is 5.60 Å². The van der Waals surface area contributed by atoms with E-state index >= 15 is 0 Å². The first-order chi connectivity index (χ1) is 19.3. The van der Waals surface area contributed by atoms with Crippen LogP contribution in [0, 0.1) is 0 Å². The van der Waals surface area contributed by atoms with E-state index in [1.165, 1.54) is 0 Å². The Kier molecular flexibility index (Phi) is 12.8. The van der Waals surface area contributed by atoms with E-state index in [4.69, 9.17) is 18.9 Å². The maximum atomic E-state index is 13.3. The van der Waals surface area contributed by atoms with Crippen LogP contribution < -0.4 is 0 Å². The number of carbonyl (C=O) groups is 1. The maximum absolute atomic E-state index is 13.3. The van der Waals surface area contributed by atoms with Crippen molar-refractivity contribution < 1.29 is 34.0 Å². The van der Waals surface area contributed by atoms with Gasteiger partial charge < -0.3 is 29.2 Å². The van der Waals surface area contributed by atoms with Crippen LogP contribution in [0.4, 0.5) is 0 Å². The molecule has 7 heteroatoms. The first-order valence-electron chi connectivity index (χ1n) is 13.8. The second kappa shape index (κ2) is 16.3. The van der Waals surface area contributed by atoms with Crippen LogP contribution in [0.25, 0.3) is 0 Å². The lowest BCUT2D eigenvalue weighted by atomic mass is 9.87. The van der Waals surface area contributed by atoms with E-state index in [0.717, 1.165) is 16.7 Å². The number of aliphatic hydroxyl groups is 2. The molecule has 0 radical (unpaired) electrons. The Bertz CT molecular complexity index is 1110. The zero-order valence-corrected chi connectivity index (χ0v) is 23.6. The summed E-state index contributed by atoms with van der Waals surface area (Å²) in [4.78, 5) is 13.3. The highest BCUT2D eigenvalue weighted by molar-refractivity contribution is 5.80. The predicted octanol–water partition coefficient (Wildman–Crippen LogP) is 5.22. The van der Waals surface area contributed by atoms with Gasteiger partial charge in [0.25, 0.3) is 0 Å². The zero-order valence-electron chi connectivity index (χ0n) is 23.6. The van der Waals surface area contributed by atoms with E-state index in [2.05, 4.69) is 0 Å². The van der Waals surface area contributed by atoms with Crippen molar-refractivity contribution in [2.45, 2.75) is 83.5 Å². The summed E-state index contributed by atoms with van der Waals surface area (Å²) in [6.45, 7) is 6.31. The molecular formula is C33H42O7. The Labute approximate surface area is 237 Å². The smallest absolute Gasteiger partial charge is 0.341 e. The highest BCUT2D eigenvalue weighted by Gasteiger charge is 2.46. The maximum Gasteiger partial charge on any atom is 0.341 e. The molecule has 3 rings (SSSR count). The number of esters is 1. The van der Waals surface area contributed by atoms with Crippen molar-refractivity contribution in [1.82, 2.24) is 0 Å². The van der Waals surface area contributed by atoms with Crippen molar-refractivity contribution in [2.75, 3.05) is 6.61 Å². The molecule has 0 fully saturated rings. The quantitative estimate of drug-likeness (QED) is 0.223. The Morgan fingerprint density at radius 3 is 1.52 bits per heavy atom. The number of benzene rings is 3. The largest absolute Gasteiger partial charge is 0.461 e. The van der Waals surface area contributed by atoms with E-state index in [1.807, 2.05) is 91.0 Å². The first-order valence-corrected chi connectivity index (χ1v) is 13.8. The van der Waals surface area contributed by atoms with Crippen LogP contribution in [0.2, 0.25) is 0 Å². The third kappa shape index (κ3) is 10.5. The van der Waals surface area contributed by atoms with Crippen LogP contribution in [0.1, 0.15) is 50.3 Å². The lowest BCUT2D eigenvalue weighted by Crippen LogP contribution is -2.54. The van der Waals surface area contributed by atoms with Crippen LogP contribution >= 0.6 is 0 Å². The second-order valence-corrected chi connectivity index (χ2v) is 10.3. The van der Waals surface area contributed by atoms with Gasteiger partial charge in [-0.25, -0.2) is 4.79 Å². The standard InChI is InChI=1S/C33H42O7/c1-25(37-22-28-13-7-4-8-14-28)19-31(34)33(36,20-26(2)38-23-29-15-9-5-10-16-29)32(35)40-21-27(3)39-24-30-17-11-6-12-18-30/h4-18,25-27,31,34,36H,19-24H2,1-3H3/t25?,26-,27-,31?,33-/m0/s1. The fraction of sp³-hybridized carbons (Fsp3) is 0.424. The molecule has 0 spiro atoms. The molecule has 0 saturated heterocycles. The van der Waals surface area contributed by atoms with Gasteiger partial charge in [-0.1, -0.05) is 91.0 Å². The monoisotopic (exact) mass is 550 g/mol. The zero-order chi connectivity index (χ0) is 28.8. The fourth-order valence-corrected chi connectivity index (χ4v) is 4.23. The van der Waals surface area contributed by atoms with Crippen molar-refractivity contribution in [3.63, 3.8) is 0 Å². The molecule has 0 heterocycles. The summed E-state index contributed by atoms with van der Waals surface area (Å²) in [5.74, 6) is -0.916. The minimum atomic E-state index is -2.19. The van der Waals surface area contributed by atoms with Gasteiger partial charge in [-0.3, -0.25) is 0 Å². The summed E-state index contributed by atoms with van der Waals surface area (Å²) in [5, 5.41) is 22.7. The number of hydrogen-bond acceptors (Lipinski definition) is 7. The Hall–Kier alpha value is -3.07. The highest BCUT2D eigenvalue weighted by Crippen LogP contribution is 2.26. The minimum absolute atomic E-state index is 0.0316. The molecule has 216 valence electrons. The van der Waals surface area contributed by atoms with Gasteiger partial charge in [0.1, 0.15) is 6.61 Å². The molecule has 40 heavy (non-hydrogen) atoms. The Morgan fingerprint density at radius 1 is 0.675 bits per heavy atom. The van der Waals surface area contributed by atoms with Crippen LogP contribution in [0.3, 0.4) is 0 Å². The summed E-state index contributed by atoms with van der Waals surface area (Å²) < 4.78 is 23.1. The predicted molar refractivity (Wildman–Crippen MR) is 153 cm³/mol. The second-order valence-electron chi connectivity index (χ2n) is 10.3. The van der Waals surface area contributed by atoms with Gasteiger partial charge in [0.05, 0.1) is 44.2 Å². The molecule has 0 aliphatic carbocycles. The van der Waals surface area contributed by atoms with Gasteiger partial charge >= 0.3 is 5.97 Å². The average Bonchev–Trinajstić information content (AvgIpc) is 2.98. The van der Waals surface area contributed by atoms with Crippen molar-refractivity contribution in [1.29, 1.82) is 0 Å². The van der Waals surface area contributed by atoms with Gasteiger partial charge in [0, 0.05) is 12.8 Å². The van der Waals surface area contributed by atoms with Crippen LogP contribution in [-0.2, 0) is 43.6 Å². The molecule has 3 aromatic rings. The molecule has 2 unspecified atom stereocenters. The molecule has 0 aliphatic rings. The van der Waals surface area contributed by atoms with Crippen molar-refractivity contribution in [3.8, 4) is 0 Å². The molecule has 0 aliphatic heterocycles. The first kappa shape index (κ1) is 31.5.